The lowest BCUT2D eigenvalue weighted by Crippen LogP contribution is -2.18. The number of rotatable bonds is 7. The summed E-state index contributed by atoms with van der Waals surface area (Å²) in [4.78, 5) is 24.0. The van der Waals surface area contributed by atoms with Gasteiger partial charge in [-0.05, 0) is 44.2 Å². The highest BCUT2D eigenvalue weighted by molar-refractivity contribution is 7.99. The molecule has 1 heterocycles. The molecule has 7 nitrogen and oxygen atoms in total. The zero-order chi connectivity index (χ0) is 20.1. The Morgan fingerprint density at radius 1 is 1.29 bits per heavy atom. The van der Waals surface area contributed by atoms with Crippen molar-refractivity contribution in [1.29, 1.82) is 0 Å². The maximum Gasteiger partial charge on any atom is 0.343 e. The van der Waals surface area contributed by atoms with Gasteiger partial charge < -0.3 is 10.1 Å². The molecule has 3 aromatic rings. The molecule has 1 aromatic heterocycles. The van der Waals surface area contributed by atoms with Crippen LogP contribution in [0.4, 0.5) is 5.69 Å². The van der Waals surface area contributed by atoms with E-state index in [1.54, 1.807) is 18.2 Å². The Balaban J connectivity index is 1.70. The average Bonchev–Trinajstić information content (AvgIpc) is 3.03. The molecule has 0 aliphatic heterocycles. The van der Waals surface area contributed by atoms with E-state index in [9.17, 15) is 9.59 Å². The number of benzene rings is 2. The van der Waals surface area contributed by atoms with Crippen LogP contribution >= 0.6 is 23.4 Å². The van der Waals surface area contributed by atoms with Crippen molar-refractivity contribution in [1.82, 2.24) is 14.8 Å². The Kier molecular flexibility index (Phi) is 6.43. The maximum absolute atomic E-state index is 12.4. The summed E-state index contributed by atoms with van der Waals surface area (Å²) in [5.41, 5.74) is 1.29. The number of hydrogen-bond acceptors (Lipinski definition) is 5. The number of aromatic amines is 1. The molecule has 0 unspecified atom stereocenters. The summed E-state index contributed by atoms with van der Waals surface area (Å²) < 4.78 is 7.34. The van der Waals surface area contributed by atoms with Crippen molar-refractivity contribution in [2.75, 3.05) is 11.1 Å². The van der Waals surface area contributed by atoms with Crippen LogP contribution in [0.2, 0.25) is 5.02 Å². The van der Waals surface area contributed by atoms with Crippen LogP contribution in [-0.4, -0.2) is 26.4 Å². The van der Waals surface area contributed by atoms with E-state index in [0.717, 1.165) is 5.56 Å². The molecule has 0 saturated heterocycles. The molecule has 0 radical (unpaired) electrons. The van der Waals surface area contributed by atoms with E-state index < -0.39 is 0 Å². The average molecular weight is 419 g/mol. The zero-order valence-corrected chi connectivity index (χ0v) is 16.9. The summed E-state index contributed by atoms with van der Waals surface area (Å²) in [6, 6.07) is 12.6. The molecule has 0 aliphatic rings. The zero-order valence-electron chi connectivity index (χ0n) is 15.4. The van der Waals surface area contributed by atoms with Gasteiger partial charge in [-0.15, -0.1) is 5.10 Å². The smallest absolute Gasteiger partial charge is 0.343 e. The highest BCUT2D eigenvalue weighted by Gasteiger charge is 2.13. The van der Waals surface area contributed by atoms with Crippen LogP contribution in [0.5, 0.6) is 11.5 Å². The van der Waals surface area contributed by atoms with E-state index in [1.165, 1.54) is 16.3 Å². The van der Waals surface area contributed by atoms with Crippen molar-refractivity contribution < 1.29 is 9.53 Å². The third-order valence-electron chi connectivity index (χ3n) is 3.84. The highest BCUT2D eigenvalue weighted by atomic mass is 35.5. The van der Waals surface area contributed by atoms with Crippen LogP contribution in [0, 0.1) is 6.92 Å². The Bertz CT molecular complexity index is 1030. The van der Waals surface area contributed by atoms with Crippen molar-refractivity contribution in [3.8, 4) is 11.5 Å². The monoisotopic (exact) mass is 418 g/mol. The van der Waals surface area contributed by atoms with Crippen molar-refractivity contribution in [3.63, 3.8) is 0 Å². The van der Waals surface area contributed by atoms with E-state index in [2.05, 4.69) is 15.5 Å². The molecule has 0 saturated carbocycles. The molecular weight excluding hydrogens is 400 g/mol. The number of thioether (sulfide) groups is 1. The van der Waals surface area contributed by atoms with E-state index in [0.29, 0.717) is 33.9 Å². The van der Waals surface area contributed by atoms with Gasteiger partial charge in [0.05, 0.1) is 11.4 Å². The molecule has 0 spiro atoms. The number of halogens is 1. The first-order valence-electron chi connectivity index (χ1n) is 8.58. The lowest BCUT2D eigenvalue weighted by Gasteiger charge is -2.13. The van der Waals surface area contributed by atoms with Gasteiger partial charge in [0, 0.05) is 11.6 Å². The first kappa shape index (κ1) is 20.0. The van der Waals surface area contributed by atoms with E-state index in [1.807, 2.05) is 38.1 Å². The largest absolute Gasteiger partial charge is 0.455 e. The molecule has 0 atom stereocenters. The van der Waals surface area contributed by atoms with E-state index in [4.69, 9.17) is 16.3 Å². The minimum Gasteiger partial charge on any atom is -0.455 e. The Hall–Kier alpha value is -2.71. The number of aromatic nitrogens is 3. The summed E-state index contributed by atoms with van der Waals surface area (Å²) in [7, 11) is 0. The van der Waals surface area contributed by atoms with Crippen LogP contribution in [0.1, 0.15) is 12.5 Å². The van der Waals surface area contributed by atoms with Crippen molar-refractivity contribution in [3.05, 3.63) is 63.5 Å². The van der Waals surface area contributed by atoms with Gasteiger partial charge in [0.2, 0.25) is 5.91 Å². The first-order chi connectivity index (χ1) is 13.5. The standard InChI is InChI=1S/C19H19ClN4O3S/c1-3-24-18(26)22-23-19(24)28-11-17(25)21-15-10-13(20)6-9-16(15)27-14-7-4-12(2)5-8-14/h4-10H,3,11H2,1-2H3,(H,21,25)(H,22,26). The third-order valence-corrected chi connectivity index (χ3v) is 5.05. The molecule has 2 N–H and O–H groups in total. The quantitative estimate of drug-likeness (QED) is 0.564. The molecular formula is C19H19ClN4O3S. The number of carbonyl (C=O) groups excluding carboxylic acids is 1. The summed E-state index contributed by atoms with van der Waals surface area (Å²) in [5, 5.41) is 10.0. The van der Waals surface area contributed by atoms with Gasteiger partial charge >= 0.3 is 5.69 Å². The highest BCUT2D eigenvalue weighted by Crippen LogP contribution is 2.32. The summed E-state index contributed by atoms with van der Waals surface area (Å²) in [5.74, 6) is 0.957. The number of nitrogens with one attached hydrogen (secondary N) is 2. The first-order valence-corrected chi connectivity index (χ1v) is 9.94. The summed E-state index contributed by atoms with van der Waals surface area (Å²) in [6.07, 6.45) is 0. The number of nitrogens with zero attached hydrogens (tertiary/aromatic N) is 2. The molecule has 1 amide bonds. The van der Waals surface area contributed by atoms with E-state index in [-0.39, 0.29) is 17.3 Å². The van der Waals surface area contributed by atoms with Crippen LogP contribution in [0.15, 0.2) is 52.4 Å². The summed E-state index contributed by atoms with van der Waals surface area (Å²) >= 11 is 7.25. The number of anilines is 1. The summed E-state index contributed by atoms with van der Waals surface area (Å²) in [6.45, 7) is 4.30. The Labute approximate surface area is 171 Å². The molecule has 0 bridgehead atoms. The molecule has 9 heteroatoms. The maximum atomic E-state index is 12.4. The molecule has 28 heavy (non-hydrogen) atoms. The fraction of sp³-hybridized carbons (Fsp3) is 0.211. The number of hydrogen-bond donors (Lipinski definition) is 2. The molecule has 0 aliphatic carbocycles. The number of amides is 1. The number of ether oxygens (including phenoxy) is 1. The molecule has 146 valence electrons. The number of aryl methyl sites for hydroxylation is 1. The molecule has 0 fully saturated rings. The fourth-order valence-corrected chi connectivity index (χ4v) is 3.41. The van der Waals surface area contributed by atoms with Crippen molar-refractivity contribution in [2.24, 2.45) is 0 Å². The minimum absolute atomic E-state index is 0.0841. The second kappa shape index (κ2) is 8.99. The topological polar surface area (TPSA) is 89.0 Å². The molecule has 2 aromatic carbocycles. The lowest BCUT2D eigenvalue weighted by molar-refractivity contribution is -0.113. The lowest BCUT2D eigenvalue weighted by atomic mass is 10.2. The van der Waals surface area contributed by atoms with Gasteiger partial charge in [-0.1, -0.05) is 41.1 Å². The van der Waals surface area contributed by atoms with Gasteiger partial charge in [0.1, 0.15) is 5.75 Å². The van der Waals surface area contributed by atoms with Crippen LogP contribution in [-0.2, 0) is 11.3 Å². The SMILES string of the molecule is CCn1c(SCC(=O)Nc2cc(Cl)ccc2Oc2ccc(C)cc2)n[nH]c1=O. The number of H-pyrrole nitrogens is 1. The number of carbonyl (C=O) groups is 1. The van der Waals surface area contributed by atoms with Crippen molar-refractivity contribution >= 4 is 35.0 Å². The van der Waals surface area contributed by atoms with Crippen LogP contribution in [0.3, 0.4) is 0 Å². The fourth-order valence-electron chi connectivity index (χ4n) is 2.43. The van der Waals surface area contributed by atoms with E-state index >= 15 is 0 Å². The Morgan fingerprint density at radius 3 is 2.75 bits per heavy atom. The van der Waals surface area contributed by atoms with Crippen LogP contribution in [0.25, 0.3) is 0 Å². The van der Waals surface area contributed by atoms with Gasteiger partial charge in [0.15, 0.2) is 10.9 Å². The predicted molar refractivity (Wildman–Crippen MR) is 111 cm³/mol. The normalized spacial score (nSPS) is 10.7. The van der Waals surface area contributed by atoms with Crippen LogP contribution < -0.4 is 15.7 Å². The van der Waals surface area contributed by atoms with Crippen molar-refractivity contribution in [2.45, 2.75) is 25.5 Å². The second-order valence-electron chi connectivity index (χ2n) is 5.95. The third kappa shape index (κ3) is 4.96. The van der Waals surface area contributed by atoms with Gasteiger partial charge in [-0.25, -0.2) is 9.89 Å². The van der Waals surface area contributed by atoms with Gasteiger partial charge in [-0.3, -0.25) is 9.36 Å². The Morgan fingerprint density at radius 2 is 2.04 bits per heavy atom. The van der Waals surface area contributed by atoms with Gasteiger partial charge in [0.25, 0.3) is 0 Å². The predicted octanol–water partition coefficient (Wildman–Crippen LogP) is 4.08. The molecule has 3 rings (SSSR count). The second-order valence-corrected chi connectivity index (χ2v) is 7.33. The van der Waals surface area contributed by atoms with Gasteiger partial charge in [-0.2, -0.15) is 0 Å². The minimum atomic E-state index is -0.297.